The third kappa shape index (κ3) is 3.37. The average molecular weight is 438 g/mol. The first-order valence-electron chi connectivity index (χ1n) is 7.09. The Labute approximate surface area is 142 Å². The molecule has 2 bridgehead atoms. The lowest BCUT2D eigenvalue weighted by atomic mass is 10.0. The molecule has 0 radical (unpaired) electrons. The molecule has 2 unspecified atom stereocenters. The molecule has 0 aromatic heterocycles. The number of halogens is 2. The molecule has 2 N–H and O–H groups in total. The van der Waals surface area contributed by atoms with Gasteiger partial charge < -0.3 is 5.32 Å². The van der Waals surface area contributed by atoms with Crippen molar-refractivity contribution in [2.75, 3.05) is 0 Å². The van der Waals surface area contributed by atoms with Crippen molar-refractivity contribution in [3.63, 3.8) is 0 Å². The largest absolute Gasteiger partial charge is 0.311 e. The normalized spacial score (nSPS) is 28.8. The molecule has 1 aromatic carbocycles. The van der Waals surface area contributed by atoms with E-state index in [-0.39, 0.29) is 6.04 Å². The summed E-state index contributed by atoms with van der Waals surface area (Å²) in [4.78, 5) is 0.297. The van der Waals surface area contributed by atoms with Gasteiger partial charge >= 0.3 is 0 Å². The number of sulfonamides is 1. The van der Waals surface area contributed by atoms with E-state index in [0.717, 1.165) is 35.7 Å². The van der Waals surface area contributed by atoms with Crippen LogP contribution >= 0.6 is 31.9 Å². The second-order valence-electron chi connectivity index (χ2n) is 5.96. The highest BCUT2D eigenvalue weighted by molar-refractivity contribution is 9.11. The maximum absolute atomic E-state index is 12.6. The molecule has 21 heavy (non-hydrogen) atoms. The topological polar surface area (TPSA) is 58.2 Å². The van der Waals surface area contributed by atoms with Crippen LogP contribution in [-0.4, -0.2) is 26.5 Å². The lowest BCUT2D eigenvalue weighted by molar-refractivity contribution is 0.345. The number of nitrogens with one attached hydrogen (secondary N) is 2. The second kappa shape index (κ2) is 5.92. The molecular weight excluding hydrogens is 420 g/mol. The van der Waals surface area contributed by atoms with Crippen LogP contribution in [0.4, 0.5) is 0 Å². The zero-order chi connectivity index (χ0) is 15.2. The van der Waals surface area contributed by atoms with Crippen LogP contribution in [0.3, 0.4) is 0 Å². The van der Waals surface area contributed by atoms with Gasteiger partial charge in [0, 0.05) is 27.1 Å². The average Bonchev–Trinajstić information content (AvgIpc) is 2.72. The number of aryl methyl sites for hydroxylation is 1. The number of fused-ring (bicyclic) bond motifs is 2. The molecule has 7 heteroatoms. The Morgan fingerprint density at radius 1 is 1.14 bits per heavy atom. The minimum atomic E-state index is -3.50. The SMILES string of the molecule is Cc1cc(Br)c(S(=O)(=O)NC2CC3CCC(C2)N3)cc1Br. The first-order valence-corrected chi connectivity index (χ1v) is 10.2. The van der Waals surface area contributed by atoms with E-state index < -0.39 is 10.0 Å². The van der Waals surface area contributed by atoms with Crippen LogP contribution in [0.2, 0.25) is 0 Å². The Morgan fingerprint density at radius 2 is 1.76 bits per heavy atom. The maximum Gasteiger partial charge on any atom is 0.241 e. The van der Waals surface area contributed by atoms with Crippen LogP contribution in [0.5, 0.6) is 0 Å². The molecule has 0 spiro atoms. The van der Waals surface area contributed by atoms with Gasteiger partial charge in [0.25, 0.3) is 0 Å². The molecule has 2 aliphatic heterocycles. The summed E-state index contributed by atoms with van der Waals surface area (Å²) in [5.74, 6) is 0. The van der Waals surface area contributed by atoms with Crippen LogP contribution < -0.4 is 10.0 Å². The number of rotatable bonds is 3. The van der Waals surface area contributed by atoms with E-state index in [1.54, 1.807) is 6.07 Å². The minimum absolute atomic E-state index is 0.0285. The van der Waals surface area contributed by atoms with Crippen LogP contribution in [0.25, 0.3) is 0 Å². The van der Waals surface area contributed by atoms with Gasteiger partial charge in [-0.2, -0.15) is 0 Å². The third-order valence-corrected chi connectivity index (χ3v) is 7.63. The highest BCUT2D eigenvalue weighted by Crippen LogP contribution is 2.31. The zero-order valence-corrected chi connectivity index (χ0v) is 15.7. The number of hydrogen-bond acceptors (Lipinski definition) is 3. The van der Waals surface area contributed by atoms with E-state index in [2.05, 4.69) is 41.9 Å². The fourth-order valence-electron chi connectivity index (χ4n) is 3.27. The van der Waals surface area contributed by atoms with Crippen molar-refractivity contribution >= 4 is 41.9 Å². The number of piperidine rings is 1. The van der Waals surface area contributed by atoms with Gasteiger partial charge in [0.2, 0.25) is 10.0 Å². The summed E-state index contributed by atoms with van der Waals surface area (Å²) in [6, 6.07) is 4.44. The lowest BCUT2D eigenvalue weighted by Gasteiger charge is -2.29. The van der Waals surface area contributed by atoms with Crippen molar-refractivity contribution in [1.29, 1.82) is 0 Å². The second-order valence-corrected chi connectivity index (χ2v) is 9.35. The van der Waals surface area contributed by atoms with Crippen LogP contribution in [0, 0.1) is 6.92 Å². The summed E-state index contributed by atoms with van der Waals surface area (Å²) in [5.41, 5.74) is 1.00. The molecular formula is C14H18Br2N2O2S. The molecule has 116 valence electrons. The lowest BCUT2D eigenvalue weighted by Crippen LogP contribution is -2.47. The molecule has 0 amide bonds. The number of benzene rings is 1. The summed E-state index contributed by atoms with van der Waals surface area (Å²) < 4.78 is 29.6. The zero-order valence-electron chi connectivity index (χ0n) is 11.7. The van der Waals surface area contributed by atoms with E-state index in [0.29, 0.717) is 21.5 Å². The van der Waals surface area contributed by atoms with Crippen LogP contribution in [0.15, 0.2) is 26.0 Å². The molecule has 2 saturated heterocycles. The highest BCUT2D eigenvalue weighted by atomic mass is 79.9. The van der Waals surface area contributed by atoms with Gasteiger partial charge in [0.15, 0.2) is 0 Å². The first-order chi connectivity index (χ1) is 9.85. The molecule has 3 rings (SSSR count). The predicted molar refractivity (Wildman–Crippen MR) is 89.9 cm³/mol. The molecule has 2 fully saturated rings. The number of hydrogen-bond donors (Lipinski definition) is 2. The summed E-state index contributed by atoms with van der Waals surface area (Å²) in [6.07, 6.45) is 4.06. The fraction of sp³-hybridized carbons (Fsp3) is 0.571. The smallest absolute Gasteiger partial charge is 0.241 e. The van der Waals surface area contributed by atoms with Gasteiger partial charge in [-0.05, 0) is 66.2 Å². The van der Waals surface area contributed by atoms with E-state index in [9.17, 15) is 8.42 Å². The summed E-state index contributed by atoms with van der Waals surface area (Å²) in [5, 5.41) is 3.52. The summed E-state index contributed by atoms with van der Waals surface area (Å²) in [7, 11) is -3.50. The Balaban J connectivity index is 1.82. The third-order valence-electron chi connectivity index (χ3n) is 4.30. The standard InChI is InChI=1S/C14H18Br2N2O2S/c1-8-4-13(16)14(7-12(8)15)21(19,20)18-11-5-9-2-3-10(6-11)17-9/h4,7,9-11,17-18H,2-3,5-6H2,1H3. The van der Waals surface area contributed by atoms with Crippen molar-refractivity contribution in [3.05, 3.63) is 26.6 Å². The van der Waals surface area contributed by atoms with E-state index in [1.807, 2.05) is 13.0 Å². The van der Waals surface area contributed by atoms with E-state index in [4.69, 9.17) is 0 Å². The highest BCUT2D eigenvalue weighted by Gasteiger charge is 2.35. The first kappa shape index (κ1) is 15.9. The Hall–Kier alpha value is 0.0500. The van der Waals surface area contributed by atoms with Crippen molar-refractivity contribution in [3.8, 4) is 0 Å². The van der Waals surface area contributed by atoms with Gasteiger partial charge in [0.1, 0.15) is 0 Å². The van der Waals surface area contributed by atoms with Gasteiger partial charge in [-0.3, -0.25) is 0 Å². The quantitative estimate of drug-likeness (QED) is 0.763. The van der Waals surface area contributed by atoms with Crippen LogP contribution in [-0.2, 0) is 10.0 Å². The maximum atomic E-state index is 12.6. The van der Waals surface area contributed by atoms with Crippen LogP contribution in [0.1, 0.15) is 31.2 Å². The summed E-state index contributed by atoms with van der Waals surface area (Å²) in [6.45, 7) is 1.93. The monoisotopic (exact) mass is 436 g/mol. The van der Waals surface area contributed by atoms with E-state index >= 15 is 0 Å². The molecule has 0 aliphatic carbocycles. The minimum Gasteiger partial charge on any atom is -0.311 e. The van der Waals surface area contributed by atoms with Gasteiger partial charge in [-0.25, -0.2) is 13.1 Å². The van der Waals surface area contributed by atoms with Crippen molar-refractivity contribution < 1.29 is 8.42 Å². The van der Waals surface area contributed by atoms with E-state index in [1.165, 1.54) is 0 Å². The Morgan fingerprint density at radius 3 is 2.38 bits per heavy atom. The molecule has 2 aliphatic rings. The van der Waals surface area contributed by atoms with Crippen molar-refractivity contribution in [1.82, 2.24) is 10.0 Å². The molecule has 4 nitrogen and oxygen atoms in total. The van der Waals surface area contributed by atoms with Gasteiger partial charge in [0.05, 0.1) is 4.90 Å². The molecule has 0 saturated carbocycles. The van der Waals surface area contributed by atoms with Gasteiger partial charge in [-0.15, -0.1) is 0 Å². The molecule has 2 atom stereocenters. The Kier molecular flexibility index (Phi) is 4.49. The summed E-state index contributed by atoms with van der Waals surface area (Å²) >= 11 is 6.77. The van der Waals surface area contributed by atoms with Crippen molar-refractivity contribution in [2.24, 2.45) is 0 Å². The molecule has 2 heterocycles. The predicted octanol–water partition coefficient (Wildman–Crippen LogP) is 3.08. The fourth-order valence-corrected chi connectivity index (χ4v) is 6.21. The molecule has 1 aromatic rings. The van der Waals surface area contributed by atoms with Crippen molar-refractivity contribution in [2.45, 2.75) is 55.6 Å². The van der Waals surface area contributed by atoms with Gasteiger partial charge in [-0.1, -0.05) is 15.9 Å². The Bertz CT molecular complexity index is 651.